The lowest BCUT2D eigenvalue weighted by atomic mass is 10.0. The summed E-state index contributed by atoms with van der Waals surface area (Å²) in [7, 11) is 5.29. The first-order valence-corrected chi connectivity index (χ1v) is 30.7. The Labute approximate surface area is 508 Å². The SMILES string of the molecule is CC(F)(F)c1cccc(N2CCN(c3ncnc4sccc34)CC2)c1.COc1ccc(-c2csc3nc(C)nc(N(C)Cc4ccco4)c23)cc1OC.Cc1sc2nc(-c3ccccn3)nc(NCC(=O)N3CCC(O)CC3)c2c1-c1ccccc1. The van der Waals surface area contributed by atoms with Crippen LogP contribution < -0.4 is 29.5 Å². The molecular weight excluding hydrogens is 1150 g/mol. The molecule has 442 valence electrons. The fraction of sp³-hybridized carbons (Fsp3) is 0.281. The number of aryl methyl sites for hydroxylation is 2. The third kappa shape index (κ3) is 13.2. The number of rotatable bonds is 14. The Morgan fingerprint density at radius 2 is 1.56 bits per heavy atom. The number of hydrogen-bond acceptors (Lipinski definition) is 19. The Kier molecular flexibility index (Phi) is 18.0. The van der Waals surface area contributed by atoms with E-state index >= 15 is 0 Å². The molecule has 22 heteroatoms. The summed E-state index contributed by atoms with van der Waals surface area (Å²) in [5.74, 6) is 3.21. The van der Waals surface area contributed by atoms with Crippen molar-refractivity contribution in [2.24, 2.45) is 0 Å². The molecule has 17 nitrogen and oxygen atoms in total. The number of anilines is 4. The average Bonchev–Trinajstić information content (AvgIpc) is 4.52. The monoisotopic (exact) mass is 1210 g/mol. The van der Waals surface area contributed by atoms with Crippen molar-refractivity contribution >= 4 is 93.7 Å². The van der Waals surface area contributed by atoms with Gasteiger partial charge in [0.1, 0.15) is 55.6 Å². The van der Waals surface area contributed by atoms with Gasteiger partial charge in [0.25, 0.3) is 5.92 Å². The second-order valence-electron chi connectivity index (χ2n) is 20.8. The van der Waals surface area contributed by atoms with E-state index in [-0.39, 0.29) is 24.1 Å². The number of aromatic nitrogens is 7. The fourth-order valence-electron chi connectivity index (χ4n) is 10.6. The minimum atomic E-state index is -2.82. The molecule has 0 atom stereocenters. The molecule has 0 radical (unpaired) electrons. The van der Waals surface area contributed by atoms with Crippen molar-refractivity contribution < 1.29 is 32.6 Å². The molecule has 2 N–H and O–H groups in total. The lowest BCUT2D eigenvalue weighted by Gasteiger charge is -2.37. The van der Waals surface area contributed by atoms with Crippen LogP contribution in [0.5, 0.6) is 11.5 Å². The number of aliphatic hydroxyl groups is 1. The summed E-state index contributed by atoms with van der Waals surface area (Å²) in [4.78, 5) is 57.3. The average molecular weight is 1220 g/mol. The Bertz CT molecular complexity index is 4090. The highest BCUT2D eigenvalue weighted by Gasteiger charge is 2.28. The first-order valence-electron chi connectivity index (χ1n) is 28.1. The van der Waals surface area contributed by atoms with Crippen LogP contribution in [-0.2, 0) is 17.3 Å². The Morgan fingerprint density at radius 3 is 2.29 bits per heavy atom. The second kappa shape index (κ2) is 26.3. The van der Waals surface area contributed by atoms with Crippen molar-refractivity contribution in [3.05, 3.63) is 161 Å². The predicted molar refractivity (Wildman–Crippen MR) is 340 cm³/mol. The van der Waals surface area contributed by atoms with Crippen LogP contribution in [-0.4, -0.2) is 124 Å². The van der Waals surface area contributed by atoms with Crippen LogP contribution >= 0.6 is 34.0 Å². The Hall–Kier alpha value is -8.70. The van der Waals surface area contributed by atoms with Crippen LogP contribution in [0.25, 0.3) is 64.4 Å². The third-order valence-corrected chi connectivity index (χ3v) is 17.7. The van der Waals surface area contributed by atoms with Gasteiger partial charge in [-0.25, -0.2) is 38.7 Å². The number of nitrogens with zero attached hydrogens (tertiary/aromatic N) is 11. The van der Waals surface area contributed by atoms with Gasteiger partial charge in [0.15, 0.2) is 17.3 Å². The van der Waals surface area contributed by atoms with E-state index in [1.165, 1.54) is 6.07 Å². The molecule has 1 amide bonds. The maximum atomic E-state index is 13.6. The van der Waals surface area contributed by atoms with Crippen molar-refractivity contribution in [2.45, 2.75) is 52.2 Å². The summed E-state index contributed by atoms with van der Waals surface area (Å²) in [6, 6.07) is 34.3. The summed E-state index contributed by atoms with van der Waals surface area (Å²) >= 11 is 4.84. The lowest BCUT2D eigenvalue weighted by Crippen LogP contribution is -2.47. The number of carbonyl (C=O) groups is 1. The number of pyridine rings is 1. The van der Waals surface area contributed by atoms with Gasteiger partial charge in [-0.15, -0.1) is 34.0 Å². The number of thiophene rings is 3. The van der Waals surface area contributed by atoms with Gasteiger partial charge < -0.3 is 43.9 Å². The lowest BCUT2D eigenvalue weighted by molar-refractivity contribution is -0.131. The summed E-state index contributed by atoms with van der Waals surface area (Å²) in [5, 5.41) is 20.2. The molecule has 3 aromatic carbocycles. The van der Waals surface area contributed by atoms with Gasteiger partial charge in [0.05, 0.1) is 55.8 Å². The molecule has 0 saturated carbocycles. The summed E-state index contributed by atoms with van der Waals surface area (Å²) < 4.78 is 43.5. The number of hydrogen-bond donors (Lipinski definition) is 2. The molecule has 0 spiro atoms. The number of ether oxygens (including phenoxy) is 2. The van der Waals surface area contributed by atoms with Crippen LogP contribution in [0.1, 0.15) is 41.8 Å². The molecule has 2 aliphatic rings. The van der Waals surface area contributed by atoms with Gasteiger partial charge in [-0.2, -0.15) is 0 Å². The number of furan rings is 1. The van der Waals surface area contributed by atoms with Gasteiger partial charge in [0, 0.05) is 92.1 Å². The van der Waals surface area contributed by atoms with Crippen LogP contribution in [0, 0.1) is 13.8 Å². The highest BCUT2D eigenvalue weighted by molar-refractivity contribution is 7.19. The number of benzene rings is 3. The summed E-state index contributed by atoms with van der Waals surface area (Å²) in [6.07, 6.45) is 5.94. The van der Waals surface area contributed by atoms with Crippen LogP contribution in [0.4, 0.5) is 31.9 Å². The van der Waals surface area contributed by atoms with Crippen LogP contribution in [0.2, 0.25) is 0 Å². The van der Waals surface area contributed by atoms with E-state index in [1.807, 2.05) is 92.1 Å². The van der Waals surface area contributed by atoms with Gasteiger partial charge >= 0.3 is 0 Å². The molecule has 0 bridgehead atoms. The normalized spacial score (nSPS) is 13.8. The van der Waals surface area contributed by atoms with E-state index in [4.69, 9.17) is 28.8 Å². The van der Waals surface area contributed by atoms with E-state index in [9.17, 15) is 18.7 Å². The zero-order valence-electron chi connectivity index (χ0n) is 48.4. The number of methoxy groups -OCH3 is 2. The zero-order valence-corrected chi connectivity index (χ0v) is 50.9. The number of fused-ring (bicyclic) bond motifs is 3. The topological polar surface area (TPSA) is 184 Å². The van der Waals surface area contributed by atoms with E-state index in [0.717, 1.165) is 120 Å². The van der Waals surface area contributed by atoms with Crippen molar-refractivity contribution in [2.75, 3.05) is 87.1 Å². The molecule has 10 heterocycles. The van der Waals surface area contributed by atoms with Gasteiger partial charge in [-0.3, -0.25) is 9.78 Å². The standard InChI is InChI=1S/C25H25N5O2S.C21H21N3O3S.C18H18F2N4S/c1-16-21(17-7-3-2-4-8-17)22-24(27-15-20(32)30-13-10-18(31)11-14-30)28-23(29-25(22)33-16)19-9-5-6-12-26-19;1-13-22-20(24(2)11-15-6-5-9-27-15)19-16(12-28-21(19)23-13)14-7-8-17(25-3)18(10-14)26-4;1-18(19,20)13-3-2-4-14(11-13)23-6-8-24(9-7-23)16-15-5-10-25-17(15)22-12-21-16/h2-9,12,18,31H,10-11,13-15H2,1H3,(H,27,28,29);5-10,12H,11H2,1-4H3;2-5,10-12H,6-9H2,1H3. The van der Waals surface area contributed by atoms with Crippen molar-refractivity contribution in [1.82, 2.24) is 39.8 Å². The minimum absolute atomic E-state index is 0.00117. The minimum Gasteiger partial charge on any atom is -0.493 e. The number of alkyl halides is 2. The Morgan fingerprint density at radius 1 is 0.779 bits per heavy atom. The maximum Gasteiger partial charge on any atom is 0.270 e. The maximum absolute atomic E-state index is 13.6. The fourth-order valence-corrected chi connectivity index (χ4v) is 13.4. The second-order valence-corrected chi connectivity index (χ2v) is 23.8. The molecule has 2 fully saturated rings. The van der Waals surface area contributed by atoms with Crippen LogP contribution in [0.15, 0.2) is 143 Å². The van der Waals surface area contributed by atoms with Gasteiger partial charge in [0.2, 0.25) is 5.91 Å². The zero-order chi connectivity index (χ0) is 59.9. The summed E-state index contributed by atoms with van der Waals surface area (Å²) in [6.45, 7) is 9.99. The molecule has 0 unspecified atom stereocenters. The van der Waals surface area contributed by atoms with E-state index < -0.39 is 5.92 Å². The predicted octanol–water partition coefficient (Wildman–Crippen LogP) is 13.2. The molecule has 2 saturated heterocycles. The number of aliphatic hydroxyl groups excluding tert-OH is 1. The first-order chi connectivity index (χ1) is 41.7. The smallest absolute Gasteiger partial charge is 0.270 e. The van der Waals surface area contributed by atoms with E-state index in [0.29, 0.717) is 61.3 Å². The number of nitrogens with one attached hydrogen (secondary N) is 1. The Balaban J connectivity index is 0.000000135. The number of piperidine rings is 1. The van der Waals surface area contributed by atoms with E-state index in [1.54, 1.807) is 84.0 Å². The van der Waals surface area contributed by atoms with E-state index in [2.05, 4.69) is 70.5 Å². The number of halogens is 2. The quantitative estimate of drug-likeness (QED) is 0.105. The largest absolute Gasteiger partial charge is 0.493 e. The molecule has 13 rings (SSSR count). The first kappa shape index (κ1) is 59.0. The third-order valence-electron chi connectivity index (χ3n) is 15.0. The molecule has 8 aromatic heterocycles. The molecule has 11 aromatic rings. The van der Waals surface area contributed by atoms with Gasteiger partial charge in [-0.1, -0.05) is 54.6 Å². The highest BCUT2D eigenvalue weighted by atomic mass is 32.1. The number of carbonyl (C=O) groups excluding carboxylic acids is 1. The summed E-state index contributed by atoms with van der Waals surface area (Å²) in [5.41, 5.74) is 5.87. The molecule has 0 aliphatic carbocycles. The number of likely N-dealkylation sites (tertiary alicyclic amines) is 1. The molecular formula is C64H64F2N12O5S3. The van der Waals surface area contributed by atoms with Crippen LogP contribution in [0.3, 0.4) is 0 Å². The van der Waals surface area contributed by atoms with Crippen molar-refractivity contribution in [3.8, 4) is 45.3 Å². The van der Waals surface area contributed by atoms with Crippen molar-refractivity contribution in [3.63, 3.8) is 0 Å². The van der Waals surface area contributed by atoms with Crippen molar-refractivity contribution in [1.29, 1.82) is 0 Å². The molecule has 2 aliphatic heterocycles. The number of amides is 1. The highest BCUT2D eigenvalue weighted by Crippen LogP contribution is 2.43. The van der Waals surface area contributed by atoms with Gasteiger partial charge in [-0.05, 0) is 97.8 Å². The molecule has 86 heavy (non-hydrogen) atoms. The number of piperazine rings is 1.